The summed E-state index contributed by atoms with van der Waals surface area (Å²) in [5, 5.41) is 0. The molecule has 0 heteroatoms. The third-order valence-corrected chi connectivity index (χ3v) is 2.07. The molecule has 0 amide bonds. The molecule has 0 unspecified atom stereocenters. The molecule has 1 rings (SSSR count). The molecule has 0 spiro atoms. The van der Waals surface area contributed by atoms with Crippen LogP contribution < -0.4 is 0 Å². The van der Waals surface area contributed by atoms with E-state index in [1.54, 1.807) is 0 Å². The molecule has 0 aliphatic heterocycles. The van der Waals surface area contributed by atoms with E-state index in [0.29, 0.717) is 0 Å². The quantitative estimate of drug-likeness (QED) is 0.517. The van der Waals surface area contributed by atoms with Crippen molar-refractivity contribution in [3.63, 3.8) is 0 Å². The summed E-state index contributed by atoms with van der Waals surface area (Å²) in [6.07, 6.45) is 23.5. The Kier molecular flexibility index (Phi) is 5.87. The van der Waals surface area contributed by atoms with Crippen molar-refractivity contribution in [3.05, 3.63) is 48.6 Å². The Morgan fingerprint density at radius 3 is 1.46 bits per heavy atom. The first kappa shape index (κ1) is 10.0. The minimum atomic E-state index is 1.22. The summed E-state index contributed by atoms with van der Waals surface area (Å²) in [7, 11) is 0. The molecule has 0 heterocycles. The number of allylic oxidation sites excluding steroid dienone is 8. The van der Waals surface area contributed by atoms with Crippen LogP contribution in [0.25, 0.3) is 0 Å². The maximum absolute atomic E-state index is 2.25. The van der Waals surface area contributed by atoms with Crippen LogP contribution in [0.2, 0.25) is 0 Å². The van der Waals surface area contributed by atoms with E-state index in [2.05, 4.69) is 48.6 Å². The van der Waals surface area contributed by atoms with Crippen LogP contribution in [0.3, 0.4) is 0 Å². The molecule has 0 saturated carbocycles. The molecule has 1 aliphatic rings. The summed E-state index contributed by atoms with van der Waals surface area (Å²) in [5.74, 6) is 0. The summed E-state index contributed by atoms with van der Waals surface area (Å²) in [4.78, 5) is 0. The molecule has 1 aliphatic carbocycles. The maximum Gasteiger partial charge on any atom is -0.0348 e. The molecule has 13 heavy (non-hydrogen) atoms. The molecule has 0 saturated heterocycles. The average molecular weight is 174 g/mol. The van der Waals surface area contributed by atoms with E-state index in [-0.39, 0.29) is 0 Å². The molecular formula is C13H18. The van der Waals surface area contributed by atoms with Crippen molar-refractivity contribution in [1.29, 1.82) is 0 Å². The van der Waals surface area contributed by atoms with Crippen LogP contribution in [-0.2, 0) is 0 Å². The van der Waals surface area contributed by atoms with Crippen LogP contribution in [0.4, 0.5) is 0 Å². The van der Waals surface area contributed by atoms with E-state index in [9.17, 15) is 0 Å². The highest BCUT2D eigenvalue weighted by molar-refractivity contribution is 5.15. The fraction of sp³-hybridized carbons (Fsp3) is 0.385. The molecule has 0 bridgehead atoms. The van der Waals surface area contributed by atoms with Gasteiger partial charge in [-0.05, 0) is 25.7 Å². The van der Waals surface area contributed by atoms with Gasteiger partial charge < -0.3 is 0 Å². The highest BCUT2D eigenvalue weighted by atomic mass is 13.9. The van der Waals surface area contributed by atoms with Gasteiger partial charge in [-0.2, -0.15) is 0 Å². The molecule has 0 aromatic carbocycles. The van der Waals surface area contributed by atoms with Crippen molar-refractivity contribution in [1.82, 2.24) is 0 Å². The SMILES string of the molecule is C1=C/C=C\CCCCC/C=C/C=C1. The van der Waals surface area contributed by atoms with Gasteiger partial charge in [0.25, 0.3) is 0 Å². The van der Waals surface area contributed by atoms with Crippen molar-refractivity contribution < 1.29 is 0 Å². The zero-order valence-corrected chi connectivity index (χ0v) is 8.15. The summed E-state index contributed by atoms with van der Waals surface area (Å²) in [5.41, 5.74) is 0. The van der Waals surface area contributed by atoms with Gasteiger partial charge in [-0.3, -0.25) is 0 Å². The van der Waals surface area contributed by atoms with Crippen LogP contribution in [0.1, 0.15) is 32.1 Å². The molecule has 0 atom stereocenters. The maximum atomic E-state index is 2.25. The van der Waals surface area contributed by atoms with Crippen molar-refractivity contribution in [2.45, 2.75) is 32.1 Å². The van der Waals surface area contributed by atoms with Gasteiger partial charge in [-0.15, -0.1) is 0 Å². The van der Waals surface area contributed by atoms with E-state index < -0.39 is 0 Å². The van der Waals surface area contributed by atoms with Crippen LogP contribution in [0.15, 0.2) is 48.6 Å². The lowest BCUT2D eigenvalue weighted by Gasteiger charge is -1.93. The third kappa shape index (κ3) is 6.15. The average Bonchev–Trinajstić information content (AvgIpc) is 2.18. The van der Waals surface area contributed by atoms with Gasteiger partial charge in [0.1, 0.15) is 0 Å². The van der Waals surface area contributed by atoms with E-state index in [1.165, 1.54) is 32.1 Å². The second-order valence-corrected chi connectivity index (χ2v) is 3.26. The molecule has 0 N–H and O–H groups in total. The fourth-order valence-electron chi connectivity index (χ4n) is 1.31. The summed E-state index contributed by atoms with van der Waals surface area (Å²) < 4.78 is 0. The number of rotatable bonds is 0. The first-order valence-corrected chi connectivity index (χ1v) is 5.15. The monoisotopic (exact) mass is 174 g/mol. The molecule has 0 aromatic heterocycles. The van der Waals surface area contributed by atoms with E-state index in [0.717, 1.165) is 0 Å². The number of hydrogen-bond donors (Lipinski definition) is 0. The Morgan fingerprint density at radius 1 is 0.462 bits per heavy atom. The highest BCUT2D eigenvalue weighted by Crippen LogP contribution is 2.04. The first-order chi connectivity index (χ1) is 6.50. The standard InChI is InChI=1S/C13H18/c1-2-4-6-8-10-12-13-11-9-7-5-3-1/h1-8H,9-13H2/b3-1?,4-2?,7-5-,8-6+. The van der Waals surface area contributed by atoms with Gasteiger partial charge in [0.15, 0.2) is 0 Å². The van der Waals surface area contributed by atoms with Crippen LogP contribution in [-0.4, -0.2) is 0 Å². The van der Waals surface area contributed by atoms with Gasteiger partial charge in [-0.1, -0.05) is 55.0 Å². The molecule has 0 fully saturated rings. The van der Waals surface area contributed by atoms with E-state index >= 15 is 0 Å². The zero-order chi connectivity index (χ0) is 9.19. The molecule has 0 nitrogen and oxygen atoms in total. The largest absolute Gasteiger partial charge is 0.0845 e. The lowest BCUT2D eigenvalue weighted by Crippen LogP contribution is -1.74. The van der Waals surface area contributed by atoms with Gasteiger partial charge in [0, 0.05) is 0 Å². The van der Waals surface area contributed by atoms with Crippen LogP contribution in [0, 0.1) is 0 Å². The molecule has 0 aromatic rings. The van der Waals surface area contributed by atoms with Crippen molar-refractivity contribution >= 4 is 0 Å². The lowest BCUT2D eigenvalue weighted by molar-refractivity contribution is 0.696. The van der Waals surface area contributed by atoms with Crippen molar-refractivity contribution in [3.8, 4) is 0 Å². The third-order valence-electron chi connectivity index (χ3n) is 2.07. The Bertz CT molecular complexity index is 192. The molecule has 0 radical (unpaired) electrons. The normalized spacial score (nSPS) is 24.0. The second-order valence-electron chi connectivity index (χ2n) is 3.26. The Labute approximate surface area is 81.4 Å². The predicted octanol–water partition coefficient (Wildman–Crippen LogP) is 4.18. The molecule has 70 valence electrons. The number of hydrogen-bond acceptors (Lipinski definition) is 0. The second kappa shape index (κ2) is 7.60. The fourth-order valence-corrected chi connectivity index (χ4v) is 1.31. The van der Waals surface area contributed by atoms with Gasteiger partial charge >= 0.3 is 0 Å². The predicted molar refractivity (Wildman–Crippen MR) is 59.6 cm³/mol. The Balaban J connectivity index is 2.39. The van der Waals surface area contributed by atoms with E-state index in [4.69, 9.17) is 0 Å². The van der Waals surface area contributed by atoms with Gasteiger partial charge in [-0.25, -0.2) is 0 Å². The highest BCUT2D eigenvalue weighted by Gasteiger charge is 1.85. The van der Waals surface area contributed by atoms with Gasteiger partial charge in [0.2, 0.25) is 0 Å². The van der Waals surface area contributed by atoms with Crippen LogP contribution in [0.5, 0.6) is 0 Å². The lowest BCUT2D eigenvalue weighted by atomic mass is 10.1. The Hall–Kier alpha value is -1.04. The van der Waals surface area contributed by atoms with Crippen molar-refractivity contribution in [2.75, 3.05) is 0 Å². The summed E-state index contributed by atoms with van der Waals surface area (Å²) in [6.45, 7) is 0. The topological polar surface area (TPSA) is 0 Å². The first-order valence-electron chi connectivity index (χ1n) is 5.15. The van der Waals surface area contributed by atoms with Crippen molar-refractivity contribution in [2.24, 2.45) is 0 Å². The van der Waals surface area contributed by atoms with Gasteiger partial charge in [0.05, 0.1) is 0 Å². The summed E-state index contributed by atoms with van der Waals surface area (Å²) >= 11 is 0. The Morgan fingerprint density at radius 2 is 0.923 bits per heavy atom. The molecular weight excluding hydrogens is 156 g/mol. The summed E-state index contributed by atoms with van der Waals surface area (Å²) in [6, 6.07) is 0. The smallest absolute Gasteiger partial charge is 0.0348 e. The minimum Gasteiger partial charge on any atom is -0.0845 e. The minimum absolute atomic E-state index is 1.22. The van der Waals surface area contributed by atoms with E-state index in [1.807, 2.05) is 0 Å². The van der Waals surface area contributed by atoms with Crippen LogP contribution >= 0.6 is 0 Å². The zero-order valence-electron chi connectivity index (χ0n) is 8.15.